The fourth-order valence-electron chi connectivity index (χ4n) is 2.66. The lowest BCUT2D eigenvalue weighted by Crippen LogP contribution is -2.30. The zero-order valence-electron chi connectivity index (χ0n) is 10.5. The summed E-state index contributed by atoms with van der Waals surface area (Å²) in [5.74, 6) is 6.63. The smallest absolute Gasteiger partial charge is 0.134 e. The molecule has 2 aromatic rings. The van der Waals surface area contributed by atoms with Crippen molar-refractivity contribution in [1.82, 2.24) is 5.43 Å². The Kier molecular flexibility index (Phi) is 2.47. The Balaban J connectivity index is 1.98. The van der Waals surface area contributed by atoms with E-state index in [9.17, 15) is 4.39 Å². The van der Waals surface area contributed by atoms with Gasteiger partial charge in [0.1, 0.15) is 17.2 Å². The minimum atomic E-state index is -0.251. The molecule has 1 heterocycles. The van der Waals surface area contributed by atoms with Gasteiger partial charge in [-0.2, -0.15) is 0 Å². The number of benzene rings is 1. The summed E-state index contributed by atoms with van der Waals surface area (Å²) in [6.45, 7) is 4.43. The third kappa shape index (κ3) is 1.82. The van der Waals surface area contributed by atoms with Crippen molar-refractivity contribution in [2.75, 3.05) is 0 Å². The maximum Gasteiger partial charge on any atom is 0.134 e. The van der Waals surface area contributed by atoms with Crippen LogP contribution in [-0.4, -0.2) is 0 Å². The van der Waals surface area contributed by atoms with Crippen molar-refractivity contribution in [2.24, 2.45) is 17.2 Å². The van der Waals surface area contributed by atoms with Crippen LogP contribution < -0.4 is 11.3 Å². The van der Waals surface area contributed by atoms with Gasteiger partial charge in [0.2, 0.25) is 0 Å². The van der Waals surface area contributed by atoms with Crippen molar-refractivity contribution in [2.45, 2.75) is 26.3 Å². The number of furan rings is 1. The molecule has 3 N–H and O–H groups in total. The van der Waals surface area contributed by atoms with Gasteiger partial charge in [-0.3, -0.25) is 5.84 Å². The van der Waals surface area contributed by atoms with E-state index in [4.69, 9.17) is 10.3 Å². The highest BCUT2D eigenvalue weighted by atomic mass is 19.1. The molecule has 4 heteroatoms. The normalized spacial score (nSPS) is 23.2. The first-order valence-corrected chi connectivity index (χ1v) is 6.16. The Morgan fingerprint density at radius 2 is 2.17 bits per heavy atom. The molecule has 2 unspecified atom stereocenters. The van der Waals surface area contributed by atoms with Crippen LogP contribution in [0, 0.1) is 17.2 Å². The Hall–Kier alpha value is -1.39. The molecule has 1 aromatic carbocycles. The van der Waals surface area contributed by atoms with E-state index >= 15 is 0 Å². The van der Waals surface area contributed by atoms with Gasteiger partial charge in [0, 0.05) is 5.39 Å². The molecule has 1 aliphatic carbocycles. The molecule has 1 aliphatic rings. The van der Waals surface area contributed by atoms with Crippen LogP contribution in [0.15, 0.2) is 28.7 Å². The van der Waals surface area contributed by atoms with Crippen LogP contribution >= 0.6 is 0 Å². The Labute approximate surface area is 105 Å². The summed E-state index contributed by atoms with van der Waals surface area (Å²) in [7, 11) is 0. The van der Waals surface area contributed by atoms with Crippen LogP contribution in [0.1, 0.15) is 32.1 Å². The fourth-order valence-corrected chi connectivity index (χ4v) is 2.66. The molecule has 3 rings (SSSR count). The molecule has 0 aliphatic heterocycles. The van der Waals surface area contributed by atoms with Crippen molar-refractivity contribution in [3.05, 3.63) is 35.8 Å². The third-order valence-corrected chi connectivity index (χ3v) is 3.98. The molecule has 0 spiro atoms. The molecule has 0 saturated heterocycles. The van der Waals surface area contributed by atoms with Crippen LogP contribution in [-0.2, 0) is 0 Å². The maximum atomic E-state index is 13.1. The van der Waals surface area contributed by atoms with Crippen molar-refractivity contribution >= 4 is 11.0 Å². The molecule has 1 saturated carbocycles. The monoisotopic (exact) mass is 248 g/mol. The summed E-state index contributed by atoms with van der Waals surface area (Å²) in [5.41, 5.74) is 3.82. The lowest BCUT2D eigenvalue weighted by Gasteiger charge is -2.14. The molecule has 3 nitrogen and oxygen atoms in total. The first-order valence-electron chi connectivity index (χ1n) is 6.16. The van der Waals surface area contributed by atoms with Crippen molar-refractivity contribution < 1.29 is 8.81 Å². The van der Waals surface area contributed by atoms with Gasteiger partial charge in [-0.15, -0.1) is 0 Å². The van der Waals surface area contributed by atoms with Gasteiger partial charge >= 0.3 is 0 Å². The van der Waals surface area contributed by atoms with E-state index in [0.717, 1.165) is 17.6 Å². The molecule has 96 valence electrons. The van der Waals surface area contributed by atoms with Crippen molar-refractivity contribution in [3.63, 3.8) is 0 Å². The number of rotatable bonds is 3. The fraction of sp³-hybridized carbons (Fsp3) is 0.429. The zero-order valence-corrected chi connectivity index (χ0v) is 10.5. The molecule has 18 heavy (non-hydrogen) atoms. The summed E-state index contributed by atoms with van der Waals surface area (Å²) in [5, 5.41) is 0.781. The number of nitrogens with two attached hydrogens (primary N) is 1. The molecule has 0 radical (unpaired) electrons. The minimum absolute atomic E-state index is 0.00420. The van der Waals surface area contributed by atoms with E-state index in [1.54, 1.807) is 6.07 Å². The average Bonchev–Trinajstić information content (AvgIpc) is 2.74. The van der Waals surface area contributed by atoms with Crippen LogP contribution in [0.2, 0.25) is 0 Å². The van der Waals surface area contributed by atoms with Crippen LogP contribution in [0.3, 0.4) is 0 Å². The predicted molar refractivity (Wildman–Crippen MR) is 68.1 cm³/mol. The zero-order chi connectivity index (χ0) is 12.9. The highest BCUT2D eigenvalue weighted by Gasteiger charge is 2.51. The van der Waals surface area contributed by atoms with Gasteiger partial charge in [0.15, 0.2) is 0 Å². The number of nitrogens with one attached hydrogen (secondary N) is 1. The predicted octanol–water partition coefficient (Wildman–Crippen LogP) is 3.12. The summed E-state index contributed by atoms with van der Waals surface area (Å²) >= 11 is 0. The van der Waals surface area contributed by atoms with Crippen LogP contribution in [0.5, 0.6) is 0 Å². The second kappa shape index (κ2) is 3.80. The maximum absolute atomic E-state index is 13.1. The summed E-state index contributed by atoms with van der Waals surface area (Å²) < 4.78 is 18.9. The Bertz CT molecular complexity index is 590. The number of fused-ring (bicyclic) bond motifs is 1. The van der Waals surface area contributed by atoms with Crippen molar-refractivity contribution in [3.8, 4) is 0 Å². The lowest BCUT2D eigenvalue weighted by molar-refractivity contribution is 0.363. The van der Waals surface area contributed by atoms with Gasteiger partial charge in [-0.05, 0) is 42.0 Å². The molecular weight excluding hydrogens is 231 g/mol. The van der Waals surface area contributed by atoms with E-state index < -0.39 is 0 Å². The SMILES string of the molecule is CC1(C)CC1C(NN)c1cc2cc(F)ccc2o1. The summed E-state index contributed by atoms with van der Waals surface area (Å²) in [6, 6.07) is 6.41. The Morgan fingerprint density at radius 1 is 1.44 bits per heavy atom. The van der Waals surface area contributed by atoms with Crippen LogP contribution in [0.25, 0.3) is 11.0 Å². The number of hydrazine groups is 1. The summed E-state index contributed by atoms with van der Waals surface area (Å²) in [4.78, 5) is 0. The molecule has 0 bridgehead atoms. The van der Waals surface area contributed by atoms with E-state index in [0.29, 0.717) is 16.9 Å². The highest BCUT2D eigenvalue weighted by Crippen LogP contribution is 2.57. The molecule has 1 aromatic heterocycles. The minimum Gasteiger partial charge on any atom is -0.459 e. The van der Waals surface area contributed by atoms with Gasteiger partial charge in [0.05, 0.1) is 6.04 Å². The molecule has 2 atom stereocenters. The van der Waals surface area contributed by atoms with E-state index in [1.165, 1.54) is 12.1 Å². The quantitative estimate of drug-likeness (QED) is 0.648. The molecule has 1 fully saturated rings. The van der Waals surface area contributed by atoms with Crippen LogP contribution in [0.4, 0.5) is 4.39 Å². The van der Waals surface area contributed by atoms with E-state index in [2.05, 4.69) is 19.3 Å². The van der Waals surface area contributed by atoms with E-state index in [-0.39, 0.29) is 11.9 Å². The van der Waals surface area contributed by atoms with Crippen molar-refractivity contribution in [1.29, 1.82) is 0 Å². The average molecular weight is 248 g/mol. The molecule has 0 amide bonds. The van der Waals surface area contributed by atoms with Gasteiger partial charge in [-0.25, -0.2) is 9.82 Å². The van der Waals surface area contributed by atoms with Gasteiger partial charge < -0.3 is 4.42 Å². The van der Waals surface area contributed by atoms with Gasteiger partial charge in [0.25, 0.3) is 0 Å². The standard InChI is InChI=1S/C14H17FN2O/c1-14(2)7-10(14)13(17-16)12-6-8-5-9(15)3-4-11(8)18-12/h3-6,10,13,17H,7,16H2,1-2H3. The van der Waals surface area contributed by atoms with Gasteiger partial charge in [-0.1, -0.05) is 13.8 Å². The third-order valence-electron chi connectivity index (χ3n) is 3.98. The highest BCUT2D eigenvalue weighted by molar-refractivity contribution is 5.78. The first-order chi connectivity index (χ1) is 8.51. The number of halogens is 1. The Morgan fingerprint density at radius 3 is 2.78 bits per heavy atom. The molecular formula is C14H17FN2O. The first kappa shape index (κ1) is 11.7. The van der Waals surface area contributed by atoms with E-state index in [1.807, 2.05) is 6.07 Å². The second-order valence-electron chi connectivity index (χ2n) is 5.77. The summed E-state index contributed by atoms with van der Waals surface area (Å²) in [6.07, 6.45) is 1.12. The topological polar surface area (TPSA) is 51.2 Å². The largest absolute Gasteiger partial charge is 0.459 e. The lowest BCUT2D eigenvalue weighted by atomic mass is 10.0. The number of hydrogen-bond acceptors (Lipinski definition) is 3. The number of hydrogen-bond donors (Lipinski definition) is 2. The second-order valence-corrected chi connectivity index (χ2v) is 5.77.